The average molecular weight is 457 g/mol. The van der Waals surface area contributed by atoms with Crippen molar-refractivity contribution in [1.29, 1.82) is 0 Å². The van der Waals surface area contributed by atoms with E-state index in [1.807, 2.05) is 35.5 Å². The van der Waals surface area contributed by atoms with Gasteiger partial charge in [0.25, 0.3) is 0 Å². The Morgan fingerprint density at radius 2 is 1.97 bits per heavy atom. The Morgan fingerprint density at radius 1 is 1.19 bits per heavy atom. The number of benzene rings is 2. The molecule has 0 spiro atoms. The fourth-order valence-corrected chi connectivity index (χ4v) is 4.38. The number of hydrogen-bond acceptors (Lipinski definition) is 5. The predicted octanol–water partition coefficient (Wildman–Crippen LogP) is 3.10. The van der Waals surface area contributed by atoms with E-state index in [0.717, 1.165) is 12.0 Å². The highest BCUT2D eigenvalue weighted by atomic mass is 35.5. The van der Waals surface area contributed by atoms with Crippen molar-refractivity contribution >= 4 is 29.2 Å². The van der Waals surface area contributed by atoms with Gasteiger partial charge in [-0.05, 0) is 48.7 Å². The summed E-state index contributed by atoms with van der Waals surface area (Å²) in [5.74, 6) is -0.817. The summed E-state index contributed by atoms with van der Waals surface area (Å²) in [5, 5.41) is 6.59. The van der Waals surface area contributed by atoms with Crippen LogP contribution in [0, 0.1) is 12.7 Å². The van der Waals surface area contributed by atoms with Gasteiger partial charge in [0.2, 0.25) is 5.91 Å². The molecule has 2 aromatic carbocycles. The van der Waals surface area contributed by atoms with Gasteiger partial charge < -0.3 is 10.3 Å². The predicted molar refractivity (Wildman–Crippen MR) is 117 cm³/mol. The molecule has 2 fully saturated rings. The Labute approximate surface area is 189 Å². The number of anilines is 1. The van der Waals surface area contributed by atoms with E-state index in [1.54, 1.807) is 30.2 Å². The molecule has 0 aromatic heterocycles. The van der Waals surface area contributed by atoms with Crippen LogP contribution in [0.25, 0.3) is 0 Å². The molecule has 0 radical (unpaired) electrons. The molecule has 166 valence electrons. The molecule has 5 rings (SSSR count). The van der Waals surface area contributed by atoms with Crippen molar-refractivity contribution < 1.29 is 14.0 Å². The number of hydrazine groups is 2. The second kappa shape index (κ2) is 8.09. The van der Waals surface area contributed by atoms with Gasteiger partial charge in [-0.15, -0.1) is 0 Å². The van der Waals surface area contributed by atoms with Gasteiger partial charge in [0.15, 0.2) is 0 Å². The third-order valence-electron chi connectivity index (χ3n) is 5.96. The van der Waals surface area contributed by atoms with Crippen molar-refractivity contribution in [3.05, 3.63) is 76.8 Å². The summed E-state index contributed by atoms with van der Waals surface area (Å²) < 4.78 is 13.7. The molecule has 0 aliphatic carbocycles. The van der Waals surface area contributed by atoms with Crippen LogP contribution in [0.2, 0.25) is 5.02 Å². The van der Waals surface area contributed by atoms with E-state index in [0.29, 0.717) is 16.3 Å². The van der Waals surface area contributed by atoms with Crippen LogP contribution in [-0.2, 0) is 4.79 Å². The van der Waals surface area contributed by atoms with E-state index in [4.69, 9.17) is 11.6 Å². The van der Waals surface area contributed by atoms with Gasteiger partial charge in [-0.2, -0.15) is 0 Å². The molecule has 2 aromatic rings. The maximum Gasteiger partial charge on any atom is 0.340 e. The molecule has 0 bridgehead atoms. The van der Waals surface area contributed by atoms with Crippen molar-refractivity contribution in [3.8, 4) is 0 Å². The fourth-order valence-electron chi connectivity index (χ4n) is 4.26. The highest BCUT2D eigenvalue weighted by molar-refractivity contribution is 6.30. The lowest BCUT2D eigenvalue weighted by Crippen LogP contribution is -2.54. The standard InChI is InChI=1S/C22H22ClFN6O2/c1-13-2-7-16(10-17(13)24)25-20(31)12-30-22(32)28-8-9-29-19(21(28)27-30)11-18(26-29)14-3-5-15(23)6-4-14/h2-10,18-19,21,26-27H,11-12H2,1H3,(H,25,31). The molecule has 3 aliphatic rings. The summed E-state index contributed by atoms with van der Waals surface area (Å²) in [6.45, 7) is 1.45. The van der Waals surface area contributed by atoms with Gasteiger partial charge >= 0.3 is 6.03 Å². The maximum atomic E-state index is 13.7. The molecule has 3 atom stereocenters. The van der Waals surface area contributed by atoms with E-state index in [-0.39, 0.29) is 30.8 Å². The first-order chi connectivity index (χ1) is 15.4. The van der Waals surface area contributed by atoms with Crippen LogP contribution in [0.1, 0.15) is 23.6 Å². The topological polar surface area (TPSA) is 80.0 Å². The minimum atomic E-state index is -0.418. The van der Waals surface area contributed by atoms with E-state index in [9.17, 15) is 14.0 Å². The third kappa shape index (κ3) is 3.79. The van der Waals surface area contributed by atoms with Crippen LogP contribution in [0.5, 0.6) is 0 Å². The first-order valence-electron chi connectivity index (χ1n) is 10.3. The SMILES string of the molecule is Cc1ccc(NC(=O)CN2NC3C4CC(c5ccc(Cl)cc5)NN4C=CN3C2=O)cc1F. The Bertz CT molecular complexity index is 1090. The summed E-state index contributed by atoms with van der Waals surface area (Å²) >= 11 is 6.00. The Kier molecular flexibility index (Phi) is 5.24. The number of amides is 3. The lowest BCUT2D eigenvalue weighted by Gasteiger charge is -2.34. The number of carbonyl (C=O) groups excluding carboxylic acids is 2. The normalized spacial score (nSPS) is 24.0. The number of nitrogens with zero attached hydrogens (tertiary/aromatic N) is 3. The highest BCUT2D eigenvalue weighted by Crippen LogP contribution is 2.34. The monoisotopic (exact) mass is 456 g/mol. The van der Waals surface area contributed by atoms with E-state index in [1.165, 1.54) is 11.1 Å². The molecule has 8 nitrogen and oxygen atoms in total. The summed E-state index contributed by atoms with van der Waals surface area (Å²) in [4.78, 5) is 26.9. The number of carbonyl (C=O) groups is 2. The Hall–Kier alpha value is -3.14. The molecule has 3 amide bonds. The average Bonchev–Trinajstić information content (AvgIpc) is 3.33. The molecule has 3 heterocycles. The van der Waals surface area contributed by atoms with Gasteiger partial charge in [0, 0.05) is 23.1 Å². The van der Waals surface area contributed by atoms with Gasteiger partial charge in [-0.1, -0.05) is 29.8 Å². The summed E-state index contributed by atoms with van der Waals surface area (Å²) in [6, 6.07) is 11.9. The molecule has 32 heavy (non-hydrogen) atoms. The van der Waals surface area contributed by atoms with Crippen molar-refractivity contribution in [3.63, 3.8) is 0 Å². The number of halogens is 2. The van der Waals surface area contributed by atoms with Crippen molar-refractivity contribution in [1.82, 2.24) is 25.8 Å². The van der Waals surface area contributed by atoms with Crippen LogP contribution < -0.4 is 16.2 Å². The molecule has 2 saturated heterocycles. The van der Waals surface area contributed by atoms with Crippen molar-refractivity contribution in [2.75, 3.05) is 11.9 Å². The number of urea groups is 1. The number of nitrogens with one attached hydrogen (secondary N) is 3. The van der Waals surface area contributed by atoms with E-state index < -0.39 is 11.7 Å². The number of aryl methyl sites for hydroxylation is 1. The molecule has 3 unspecified atom stereocenters. The van der Waals surface area contributed by atoms with Crippen molar-refractivity contribution in [2.24, 2.45) is 0 Å². The summed E-state index contributed by atoms with van der Waals surface area (Å²) in [5.41, 5.74) is 8.55. The molecule has 3 N–H and O–H groups in total. The molecular formula is C22H22ClFN6O2. The lowest BCUT2D eigenvalue weighted by atomic mass is 10.00. The first kappa shape index (κ1) is 20.7. The van der Waals surface area contributed by atoms with Crippen LogP contribution >= 0.6 is 11.6 Å². The van der Waals surface area contributed by atoms with Crippen LogP contribution in [-0.4, -0.2) is 45.6 Å². The minimum absolute atomic E-state index is 0.0242. The highest BCUT2D eigenvalue weighted by Gasteiger charge is 2.48. The van der Waals surface area contributed by atoms with Crippen molar-refractivity contribution in [2.45, 2.75) is 31.6 Å². The largest absolute Gasteiger partial charge is 0.340 e. The number of rotatable bonds is 4. The summed E-state index contributed by atoms with van der Waals surface area (Å²) in [7, 11) is 0. The van der Waals surface area contributed by atoms with Gasteiger partial charge in [0.05, 0.1) is 12.1 Å². The van der Waals surface area contributed by atoms with E-state index in [2.05, 4.69) is 16.2 Å². The van der Waals surface area contributed by atoms with Crippen LogP contribution in [0.4, 0.5) is 14.9 Å². The lowest BCUT2D eigenvalue weighted by molar-refractivity contribution is -0.117. The van der Waals surface area contributed by atoms with E-state index >= 15 is 0 Å². The number of fused-ring (bicyclic) bond motifs is 3. The zero-order valence-corrected chi connectivity index (χ0v) is 18.0. The number of hydrogen-bond donors (Lipinski definition) is 3. The first-order valence-corrected chi connectivity index (χ1v) is 10.7. The maximum absolute atomic E-state index is 13.7. The Balaban J connectivity index is 1.25. The summed E-state index contributed by atoms with van der Waals surface area (Å²) in [6.07, 6.45) is 3.97. The Morgan fingerprint density at radius 3 is 2.72 bits per heavy atom. The van der Waals surface area contributed by atoms with Gasteiger partial charge in [-0.25, -0.2) is 25.0 Å². The molecule has 10 heteroatoms. The molecule has 0 saturated carbocycles. The second-order valence-electron chi connectivity index (χ2n) is 8.10. The third-order valence-corrected chi connectivity index (χ3v) is 6.21. The zero-order chi connectivity index (χ0) is 22.4. The van der Waals surface area contributed by atoms with Crippen LogP contribution in [0.3, 0.4) is 0 Å². The molecule has 3 aliphatic heterocycles. The minimum Gasteiger partial charge on any atom is -0.324 e. The molecular weight excluding hydrogens is 435 g/mol. The smallest absolute Gasteiger partial charge is 0.324 e. The zero-order valence-electron chi connectivity index (χ0n) is 17.3. The fraction of sp³-hybridized carbons (Fsp3) is 0.273. The van der Waals surface area contributed by atoms with Crippen LogP contribution in [0.15, 0.2) is 54.9 Å². The van der Waals surface area contributed by atoms with Gasteiger partial charge in [0.1, 0.15) is 18.5 Å². The van der Waals surface area contributed by atoms with Gasteiger partial charge in [-0.3, -0.25) is 9.69 Å². The second-order valence-corrected chi connectivity index (χ2v) is 8.54. The quantitative estimate of drug-likeness (QED) is 0.659.